The predicted molar refractivity (Wildman–Crippen MR) is 98.3 cm³/mol. The van der Waals surface area contributed by atoms with Crippen LogP contribution in [-0.2, 0) is 11.3 Å². The van der Waals surface area contributed by atoms with Gasteiger partial charge in [0.05, 0.1) is 12.1 Å². The molecule has 0 radical (unpaired) electrons. The molecule has 0 saturated heterocycles. The standard InChI is InChI=1S/C17H25ClN2O3.ClH/c1-22-15-9-12(8-14(18)17(15)23-11-16(19)21)10-20-13-6-4-2-3-5-7-13;/h8-9,13,20H,2-7,10-11H2,1H3,(H2,19,21);1H. The van der Waals surface area contributed by atoms with Crippen molar-refractivity contribution in [3.63, 3.8) is 0 Å². The van der Waals surface area contributed by atoms with Gasteiger partial charge >= 0.3 is 0 Å². The Labute approximate surface area is 154 Å². The van der Waals surface area contributed by atoms with E-state index in [1.165, 1.54) is 38.5 Å². The van der Waals surface area contributed by atoms with Crippen LogP contribution >= 0.6 is 24.0 Å². The number of primary amides is 1. The highest BCUT2D eigenvalue weighted by Gasteiger charge is 2.15. The molecule has 1 aliphatic carbocycles. The summed E-state index contributed by atoms with van der Waals surface area (Å²) in [7, 11) is 1.55. The highest BCUT2D eigenvalue weighted by atomic mass is 35.5. The second-order valence-corrected chi connectivity index (χ2v) is 6.34. The average Bonchev–Trinajstić information content (AvgIpc) is 2.79. The van der Waals surface area contributed by atoms with E-state index in [-0.39, 0.29) is 19.0 Å². The second kappa shape index (κ2) is 10.6. The Hall–Kier alpha value is -1.17. The molecular weight excluding hydrogens is 351 g/mol. The summed E-state index contributed by atoms with van der Waals surface area (Å²) in [6.45, 7) is 0.507. The van der Waals surface area contributed by atoms with Crippen LogP contribution in [0.25, 0.3) is 0 Å². The second-order valence-electron chi connectivity index (χ2n) is 5.93. The fourth-order valence-corrected chi connectivity index (χ4v) is 3.19. The van der Waals surface area contributed by atoms with Gasteiger partial charge in [0, 0.05) is 12.6 Å². The number of carbonyl (C=O) groups excluding carboxylic acids is 1. The fraction of sp³-hybridized carbons (Fsp3) is 0.588. The minimum absolute atomic E-state index is 0. The van der Waals surface area contributed by atoms with Crippen LogP contribution in [0.3, 0.4) is 0 Å². The molecule has 3 N–H and O–H groups in total. The summed E-state index contributed by atoms with van der Waals surface area (Å²) in [5.74, 6) is 0.310. The van der Waals surface area contributed by atoms with Crippen molar-refractivity contribution in [1.29, 1.82) is 0 Å². The van der Waals surface area contributed by atoms with Crippen LogP contribution in [0, 0.1) is 0 Å². The van der Waals surface area contributed by atoms with Crippen molar-refractivity contribution in [2.75, 3.05) is 13.7 Å². The number of hydrogen-bond acceptors (Lipinski definition) is 4. The van der Waals surface area contributed by atoms with Gasteiger partial charge in [-0.2, -0.15) is 0 Å². The van der Waals surface area contributed by atoms with Crippen LogP contribution < -0.4 is 20.5 Å². The first kappa shape index (κ1) is 20.9. The SMILES string of the molecule is COc1cc(CNC2CCCCCC2)cc(Cl)c1OCC(N)=O.Cl. The van der Waals surface area contributed by atoms with E-state index in [0.29, 0.717) is 22.6 Å². The van der Waals surface area contributed by atoms with Crippen molar-refractivity contribution in [2.24, 2.45) is 5.73 Å². The van der Waals surface area contributed by atoms with Gasteiger partial charge in [0.15, 0.2) is 18.1 Å². The summed E-state index contributed by atoms with van der Waals surface area (Å²) >= 11 is 6.26. The molecule has 0 aliphatic heterocycles. The zero-order chi connectivity index (χ0) is 16.7. The molecule has 1 aliphatic rings. The van der Waals surface area contributed by atoms with Gasteiger partial charge in [-0.25, -0.2) is 0 Å². The van der Waals surface area contributed by atoms with E-state index in [0.717, 1.165) is 12.1 Å². The van der Waals surface area contributed by atoms with Gasteiger partial charge in [-0.3, -0.25) is 4.79 Å². The van der Waals surface area contributed by atoms with Gasteiger partial charge in [0.1, 0.15) is 0 Å². The summed E-state index contributed by atoms with van der Waals surface area (Å²) in [5, 5.41) is 4.02. The summed E-state index contributed by atoms with van der Waals surface area (Å²) in [4.78, 5) is 10.9. The van der Waals surface area contributed by atoms with Crippen molar-refractivity contribution in [2.45, 2.75) is 51.1 Å². The molecule has 136 valence electrons. The molecule has 2 rings (SSSR count). The summed E-state index contributed by atoms with van der Waals surface area (Å²) in [5.41, 5.74) is 6.13. The number of carbonyl (C=O) groups is 1. The van der Waals surface area contributed by atoms with E-state index in [9.17, 15) is 4.79 Å². The number of benzene rings is 1. The predicted octanol–water partition coefficient (Wildman–Crippen LogP) is 3.45. The maximum atomic E-state index is 10.9. The highest BCUT2D eigenvalue weighted by molar-refractivity contribution is 6.32. The summed E-state index contributed by atoms with van der Waals surface area (Å²) in [6, 6.07) is 4.28. The lowest BCUT2D eigenvalue weighted by Gasteiger charge is -2.18. The maximum Gasteiger partial charge on any atom is 0.255 e. The van der Waals surface area contributed by atoms with E-state index >= 15 is 0 Å². The van der Waals surface area contributed by atoms with Crippen LogP contribution in [0.2, 0.25) is 5.02 Å². The fourth-order valence-electron chi connectivity index (χ4n) is 2.90. The highest BCUT2D eigenvalue weighted by Crippen LogP contribution is 2.36. The third-order valence-corrected chi connectivity index (χ3v) is 4.38. The number of amides is 1. The minimum atomic E-state index is -0.553. The van der Waals surface area contributed by atoms with Crippen molar-refractivity contribution in [1.82, 2.24) is 5.32 Å². The molecule has 24 heavy (non-hydrogen) atoms. The molecule has 0 bridgehead atoms. The van der Waals surface area contributed by atoms with Gasteiger partial charge in [0.2, 0.25) is 0 Å². The first-order valence-electron chi connectivity index (χ1n) is 8.11. The molecule has 0 spiro atoms. The van der Waals surface area contributed by atoms with Crippen LogP contribution in [0.4, 0.5) is 0 Å². The number of rotatable bonds is 7. The molecular formula is C17H26Cl2N2O3. The lowest BCUT2D eigenvalue weighted by molar-refractivity contribution is -0.119. The van der Waals surface area contributed by atoms with E-state index in [1.807, 2.05) is 12.1 Å². The van der Waals surface area contributed by atoms with Crippen LogP contribution in [0.1, 0.15) is 44.1 Å². The topological polar surface area (TPSA) is 73.6 Å². The van der Waals surface area contributed by atoms with Crippen molar-refractivity contribution < 1.29 is 14.3 Å². The zero-order valence-electron chi connectivity index (χ0n) is 14.0. The van der Waals surface area contributed by atoms with Gasteiger partial charge < -0.3 is 20.5 Å². The first-order chi connectivity index (χ1) is 11.1. The van der Waals surface area contributed by atoms with Crippen LogP contribution in [0.15, 0.2) is 12.1 Å². The molecule has 1 fully saturated rings. The Morgan fingerprint density at radius 3 is 2.54 bits per heavy atom. The number of methoxy groups -OCH3 is 1. The zero-order valence-corrected chi connectivity index (χ0v) is 15.5. The molecule has 0 atom stereocenters. The minimum Gasteiger partial charge on any atom is -0.493 e. The number of nitrogens with two attached hydrogens (primary N) is 1. The largest absolute Gasteiger partial charge is 0.493 e. The lowest BCUT2D eigenvalue weighted by Crippen LogP contribution is -2.27. The van der Waals surface area contributed by atoms with E-state index in [4.69, 9.17) is 26.8 Å². The molecule has 7 heteroatoms. The molecule has 0 heterocycles. The molecule has 1 saturated carbocycles. The van der Waals surface area contributed by atoms with Crippen molar-refractivity contribution in [3.05, 3.63) is 22.7 Å². The van der Waals surface area contributed by atoms with Gasteiger partial charge in [-0.05, 0) is 30.5 Å². The third kappa shape index (κ3) is 6.38. The Bertz CT molecular complexity index is 533. The van der Waals surface area contributed by atoms with Gasteiger partial charge in [0.25, 0.3) is 5.91 Å². The number of hydrogen-bond donors (Lipinski definition) is 2. The molecule has 1 amide bonds. The third-order valence-electron chi connectivity index (χ3n) is 4.10. The van der Waals surface area contributed by atoms with E-state index in [1.54, 1.807) is 7.11 Å². The Morgan fingerprint density at radius 2 is 1.96 bits per heavy atom. The van der Waals surface area contributed by atoms with Crippen molar-refractivity contribution >= 4 is 29.9 Å². The van der Waals surface area contributed by atoms with Crippen LogP contribution in [-0.4, -0.2) is 25.7 Å². The smallest absolute Gasteiger partial charge is 0.255 e. The summed E-state index contributed by atoms with van der Waals surface area (Å²) in [6.07, 6.45) is 7.71. The summed E-state index contributed by atoms with van der Waals surface area (Å²) < 4.78 is 10.7. The normalized spacial score (nSPS) is 15.2. The van der Waals surface area contributed by atoms with E-state index < -0.39 is 5.91 Å². The molecule has 5 nitrogen and oxygen atoms in total. The lowest BCUT2D eigenvalue weighted by atomic mass is 10.1. The molecule has 1 aromatic carbocycles. The number of ether oxygens (including phenoxy) is 2. The van der Waals surface area contributed by atoms with Gasteiger partial charge in [-0.1, -0.05) is 37.3 Å². The van der Waals surface area contributed by atoms with Gasteiger partial charge in [-0.15, -0.1) is 12.4 Å². The molecule has 1 aromatic rings. The Morgan fingerprint density at radius 1 is 1.29 bits per heavy atom. The van der Waals surface area contributed by atoms with Crippen LogP contribution in [0.5, 0.6) is 11.5 Å². The molecule has 0 unspecified atom stereocenters. The quantitative estimate of drug-likeness (QED) is 0.714. The average molecular weight is 377 g/mol. The Kier molecular flexibility index (Phi) is 9.26. The van der Waals surface area contributed by atoms with Crippen molar-refractivity contribution in [3.8, 4) is 11.5 Å². The monoisotopic (exact) mass is 376 g/mol. The number of halogens is 2. The maximum absolute atomic E-state index is 10.9. The first-order valence-corrected chi connectivity index (χ1v) is 8.49. The number of nitrogens with one attached hydrogen (secondary N) is 1. The Balaban J connectivity index is 0.00000288. The molecule has 0 aromatic heterocycles. The van der Waals surface area contributed by atoms with E-state index in [2.05, 4.69) is 5.32 Å².